The van der Waals surface area contributed by atoms with Crippen LogP contribution in [0.2, 0.25) is 0 Å². The normalized spacial score (nSPS) is 24.5. The molecule has 3 aliphatic rings. The Morgan fingerprint density at radius 2 is 1.95 bits per heavy atom. The fourth-order valence-electron chi connectivity index (χ4n) is 6.49. The van der Waals surface area contributed by atoms with Crippen LogP contribution in [0.1, 0.15) is 66.2 Å². The first-order valence-corrected chi connectivity index (χ1v) is 13.2. The Bertz CT molecular complexity index is 1140. The lowest BCUT2D eigenvalue weighted by molar-refractivity contribution is -0.146. The molecule has 202 valence electrons. The molecule has 2 saturated heterocycles. The summed E-state index contributed by atoms with van der Waals surface area (Å²) in [6, 6.07) is 5.54. The molecule has 0 N–H and O–H groups in total. The first kappa shape index (κ1) is 26.0. The molecule has 2 aromatic rings. The third kappa shape index (κ3) is 4.74. The first-order valence-electron chi connectivity index (χ1n) is 13.2. The lowest BCUT2D eigenvalue weighted by atomic mass is 9.94. The van der Waals surface area contributed by atoms with Gasteiger partial charge in [-0.15, -0.1) is 0 Å². The number of carbonyl (C=O) groups excluding carboxylic acids is 1. The molecular formula is C27H35F3N4O3. The summed E-state index contributed by atoms with van der Waals surface area (Å²) in [5.41, 5.74) is 1.92. The van der Waals surface area contributed by atoms with Crippen LogP contribution in [0.5, 0.6) is 5.75 Å². The van der Waals surface area contributed by atoms with Gasteiger partial charge in [-0.3, -0.25) is 14.4 Å². The van der Waals surface area contributed by atoms with E-state index in [2.05, 4.69) is 10.00 Å². The predicted molar refractivity (Wildman–Crippen MR) is 132 cm³/mol. The van der Waals surface area contributed by atoms with E-state index < -0.39 is 18.4 Å². The fraction of sp³-hybridized carbons (Fsp3) is 0.630. The number of rotatable bonds is 6. The van der Waals surface area contributed by atoms with Crippen LogP contribution in [-0.2, 0) is 28.7 Å². The number of morpholine rings is 1. The molecule has 2 aliphatic heterocycles. The minimum Gasteiger partial charge on any atom is -0.496 e. The van der Waals surface area contributed by atoms with Gasteiger partial charge in [-0.1, -0.05) is 19.1 Å². The Labute approximate surface area is 215 Å². The van der Waals surface area contributed by atoms with Gasteiger partial charge >= 0.3 is 6.18 Å². The van der Waals surface area contributed by atoms with Gasteiger partial charge in [0.25, 0.3) is 0 Å². The summed E-state index contributed by atoms with van der Waals surface area (Å²) in [5.74, 6) is 0.394. The van der Waals surface area contributed by atoms with Crippen LogP contribution in [0.3, 0.4) is 0 Å². The van der Waals surface area contributed by atoms with E-state index in [9.17, 15) is 18.0 Å². The molecule has 7 nitrogen and oxygen atoms in total. The Balaban J connectivity index is 1.49. The maximum absolute atomic E-state index is 14.2. The number of aromatic nitrogens is 2. The van der Waals surface area contributed by atoms with Crippen molar-refractivity contribution in [2.45, 2.75) is 70.3 Å². The van der Waals surface area contributed by atoms with Crippen molar-refractivity contribution < 1.29 is 27.4 Å². The van der Waals surface area contributed by atoms with Crippen molar-refractivity contribution in [3.05, 3.63) is 46.3 Å². The van der Waals surface area contributed by atoms with Crippen molar-refractivity contribution >= 4 is 5.91 Å². The minimum atomic E-state index is -4.56. The highest BCUT2D eigenvalue weighted by Crippen LogP contribution is 2.43. The van der Waals surface area contributed by atoms with E-state index in [0.29, 0.717) is 38.3 Å². The molecule has 37 heavy (non-hydrogen) atoms. The van der Waals surface area contributed by atoms with Crippen LogP contribution >= 0.6 is 0 Å². The lowest BCUT2D eigenvalue weighted by Crippen LogP contribution is -2.47. The van der Waals surface area contributed by atoms with Gasteiger partial charge in [0, 0.05) is 37.2 Å². The highest BCUT2D eigenvalue weighted by molar-refractivity contribution is 5.77. The smallest absolute Gasteiger partial charge is 0.433 e. The quantitative estimate of drug-likeness (QED) is 0.568. The number of alkyl halides is 3. The van der Waals surface area contributed by atoms with Crippen molar-refractivity contribution in [2.75, 3.05) is 40.0 Å². The number of fused-ring (bicyclic) bond motifs is 1. The van der Waals surface area contributed by atoms with Gasteiger partial charge in [0.1, 0.15) is 18.0 Å². The van der Waals surface area contributed by atoms with Gasteiger partial charge in [0.15, 0.2) is 0 Å². The van der Waals surface area contributed by atoms with E-state index in [-0.39, 0.29) is 29.5 Å². The molecule has 2 fully saturated rings. The molecular weight excluding hydrogens is 485 g/mol. The lowest BCUT2D eigenvalue weighted by Gasteiger charge is -2.38. The number of hydrogen-bond donors (Lipinski definition) is 0. The van der Waals surface area contributed by atoms with Crippen molar-refractivity contribution in [3.8, 4) is 5.75 Å². The largest absolute Gasteiger partial charge is 0.496 e. The third-order valence-electron chi connectivity index (χ3n) is 8.32. The van der Waals surface area contributed by atoms with Crippen LogP contribution in [0, 0.1) is 6.92 Å². The Morgan fingerprint density at radius 1 is 1.19 bits per heavy atom. The number of benzene rings is 1. The Hall–Kier alpha value is -2.59. The standard InChI is InChI=1S/C27H35F3N4O3/c1-4-18-8-9-20-24(18)31-34(26(20)27(28,29)30)16-23(35)33-11-10-21(32-12-14-37-15-13-32)25(33)19-6-5-7-22(36-3)17(19)2/h5-7,18,21,25H,4,8-16H2,1-3H3/t18-,21+,25+/m0/s1. The second kappa shape index (κ2) is 10.3. The molecule has 1 aromatic heterocycles. The summed E-state index contributed by atoms with van der Waals surface area (Å²) in [5, 5.41) is 4.37. The summed E-state index contributed by atoms with van der Waals surface area (Å²) in [6.45, 7) is 6.75. The molecule has 0 bridgehead atoms. The second-order valence-electron chi connectivity index (χ2n) is 10.2. The molecule has 0 unspecified atom stereocenters. The number of methoxy groups -OCH3 is 1. The molecule has 3 heterocycles. The molecule has 0 radical (unpaired) electrons. The first-order chi connectivity index (χ1) is 17.7. The van der Waals surface area contributed by atoms with E-state index in [1.165, 1.54) is 0 Å². The summed E-state index contributed by atoms with van der Waals surface area (Å²) in [7, 11) is 1.61. The number of ether oxygens (including phenoxy) is 2. The second-order valence-corrected chi connectivity index (χ2v) is 10.2. The fourth-order valence-corrected chi connectivity index (χ4v) is 6.49. The van der Waals surface area contributed by atoms with E-state index >= 15 is 0 Å². The van der Waals surface area contributed by atoms with Crippen LogP contribution < -0.4 is 4.74 Å². The Morgan fingerprint density at radius 3 is 2.62 bits per heavy atom. The van der Waals surface area contributed by atoms with Crippen molar-refractivity contribution in [1.29, 1.82) is 0 Å². The number of hydrogen-bond acceptors (Lipinski definition) is 5. The molecule has 1 aromatic carbocycles. The van der Waals surface area contributed by atoms with Gasteiger partial charge in [-0.2, -0.15) is 18.3 Å². The molecule has 1 amide bonds. The molecule has 3 atom stereocenters. The number of amides is 1. The van der Waals surface area contributed by atoms with Gasteiger partial charge in [0.2, 0.25) is 5.91 Å². The molecule has 1 aliphatic carbocycles. The number of halogens is 3. The minimum absolute atomic E-state index is 0.0112. The van der Waals surface area contributed by atoms with Crippen LogP contribution in [0.15, 0.2) is 18.2 Å². The molecule has 5 rings (SSSR count). The van der Waals surface area contributed by atoms with Gasteiger partial charge in [-0.05, 0) is 49.8 Å². The van der Waals surface area contributed by atoms with Gasteiger partial charge < -0.3 is 14.4 Å². The third-order valence-corrected chi connectivity index (χ3v) is 8.32. The predicted octanol–water partition coefficient (Wildman–Crippen LogP) is 4.33. The summed E-state index contributed by atoms with van der Waals surface area (Å²) in [4.78, 5) is 17.9. The van der Waals surface area contributed by atoms with Crippen LogP contribution in [-0.4, -0.2) is 71.5 Å². The zero-order valence-corrected chi connectivity index (χ0v) is 21.7. The van der Waals surface area contributed by atoms with Gasteiger partial charge in [0.05, 0.1) is 32.1 Å². The van der Waals surface area contributed by atoms with E-state index in [1.807, 2.05) is 32.0 Å². The van der Waals surface area contributed by atoms with Crippen molar-refractivity contribution in [3.63, 3.8) is 0 Å². The highest BCUT2D eigenvalue weighted by atomic mass is 19.4. The highest BCUT2D eigenvalue weighted by Gasteiger charge is 2.45. The summed E-state index contributed by atoms with van der Waals surface area (Å²) < 4.78 is 54.5. The average Bonchev–Trinajstić information content (AvgIpc) is 3.57. The number of nitrogens with zero attached hydrogens (tertiary/aromatic N) is 4. The Kier molecular flexibility index (Phi) is 7.24. The molecule has 0 spiro atoms. The SMILES string of the molecule is CC[C@H]1CCc2c1nn(CC(=O)N1CC[C@@H](N3CCOCC3)[C@H]1c1cccc(OC)c1C)c2C(F)(F)F. The maximum atomic E-state index is 14.2. The molecule has 0 saturated carbocycles. The van der Waals surface area contributed by atoms with Crippen molar-refractivity contribution in [2.24, 2.45) is 0 Å². The zero-order valence-electron chi connectivity index (χ0n) is 21.7. The van der Waals surface area contributed by atoms with E-state index in [0.717, 1.165) is 47.5 Å². The average molecular weight is 521 g/mol. The van der Waals surface area contributed by atoms with Crippen molar-refractivity contribution in [1.82, 2.24) is 19.6 Å². The summed E-state index contributed by atoms with van der Waals surface area (Å²) >= 11 is 0. The number of carbonyl (C=O) groups is 1. The zero-order chi connectivity index (χ0) is 26.3. The van der Waals surface area contributed by atoms with E-state index in [1.54, 1.807) is 12.0 Å². The number of likely N-dealkylation sites (tertiary alicyclic amines) is 1. The topological polar surface area (TPSA) is 59.8 Å². The monoisotopic (exact) mass is 520 g/mol. The molecule has 10 heteroatoms. The summed E-state index contributed by atoms with van der Waals surface area (Å²) in [6.07, 6.45) is -2.05. The van der Waals surface area contributed by atoms with Crippen LogP contribution in [0.25, 0.3) is 0 Å². The van der Waals surface area contributed by atoms with E-state index in [4.69, 9.17) is 9.47 Å². The maximum Gasteiger partial charge on any atom is 0.433 e. The van der Waals surface area contributed by atoms with Crippen LogP contribution in [0.4, 0.5) is 13.2 Å². The van der Waals surface area contributed by atoms with Gasteiger partial charge in [-0.25, -0.2) is 0 Å².